The van der Waals surface area contributed by atoms with Gasteiger partial charge in [0.05, 0.1) is 24.7 Å². The van der Waals surface area contributed by atoms with Gasteiger partial charge in [-0.05, 0) is 6.07 Å². The average Bonchev–Trinajstić information content (AvgIpc) is 2.88. The van der Waals surface area contributed by atoms with Crippen molar-refractivity contribution in [1.29, 1.82) is 0 Å². The van der Waals surface area contributed by atoms with E-state index in [-0.39, 0.29) is 24.6 Å². The number of nitrogens with one attached hydrogen (secondary N) is 1. The summed E-state index contributed by atoms with van der Waals surface area (Å²) in [6.45, 7) is 0.885. The zero-order valence-corrected chi connectivity index (χ0v) is 11.9. The molecule has 0 aromatic carbocycles. The second-order valence-electron chi connectivity index (χ2n) is 3.91. The molecule has 0 aliphatic heterocycles. The Kier molecular flexibility index (Phi) is 6.46. The topological polar surface area (TPSA) is 91.9 Å². The highest BCUT2D eigenvalue weighted by atomic mass is 32.2. The van der Waals surface area contributed by atoms with E-state index in [2.05, 4.69) is 4.98 Å². The van der Waals surface area contributed by atoms with Crippen LogP contribution >= 0.6 is 0 Å². The zero-order valence-electron chi connectivity index (χ0n) is 11.1. The summed E-state index contributed by atoms with van der Waals surface area (Å²) in [5, 5.41) is 8.96. The first kappa shape index (κ1) is 16.1. The minimum absolute atomic E-state index is 0.128. The zero-order chi connectivity index (χ0) is 14.3. The lowest BCUT2D eigenvalue weighted by molar-refractivity contribution is 0.150. The van der Waals surface area contributed by atoms with Crippen LogP contribution in [-0.2, 0) is 26.1 Å². The van der Waals surface area contributed by atoms with Crippen molar-refractivity contribution in [3.05, 3.63) is 18.0 Å². The smallest absolute Gasteiger partial charge is 0.244 e. The molecule has 1 rings (SSSR count). The molecule has 1 heterocycles. The number of rotatable bonds is 9. The summed E-state index contributed by atoms with van der Waals surface area (Å²) in [6.07, 6.45) is 1.37. The van der Waals surface area contributed by atoms with Crippen LogP contribution in [0.2, 0.25) is 0 Å². The molecule has 0 fully saturated rings. The molecule has 1 aromatic heterocycles. The number of hydrogen-bond donors (Lipinski definition) is 2. The third-order valence-electron chi connectivity index (χ3n) is 2.61. The van der Waals surface area contributed by atoms with Crippen LogP contribution in [0.1, 0.15) is 5.69 Å². The number of hydrogen-bond acceptors (Lipinski definition) is 5. The number of H-pyrrole nitrogens is 1. The summed E-state index contributed by atoms with van der Waals surface area (Å²) >= 11 is 0. The van der Waals surface area contributed by atoms with Crippen LogP contribution in [0.3, 0.4) is 0 Å². The fourth-order valence-corrected chi connectivity index (χ4v) is 2.97. The summed E-state index contributed by atoms with van der Waals surface area (Å²) in [5.74, 6) is 0. The predicted octanol–water partition coefficient (Wildman–Crippen LogP) is -0.209. The molecule has 0 bridgehead atoms. The molecular weight excluding hydrogens is 272 g/mol. The number of aromatic amines is 1. The minimum Gasteiger partial charge on any atom is -0.390 e. The standard InChI is InChI=1S/C11H20N2O5S/c1-17-5-3-13(4-6-18-2)19(15,16)11-7-10(9-14)12-8-11/h7-8,12,14H,3-6,9H2,1-2H3. The number of nitrogens with zero attached hydrogens (tertiary/aromatic N) is 1. The van der Waals surface area contributed by atoms with Crippen molar-refractivity contribution in [3.63, 3.8) is 0 Å². The van der Waals surface area contributed by atoms with Gasteiger partial charge in [0.1, 0.15) is 0 Å². The molecule has 0 unspecified atom stereocenters. The van der Waals surface area contributed by atoms with E-state index in [4.69, 9.17) is 14.6 Å². The van der Waals surface area contributed by atoms with Gasteiger partial charge in [0, 0.05) is 39.2 Å². The lowest BCUT2D eigenvalue weighted by Crippen LogP contribution is -2.36. The largest absolute Gasteiger partial charge is 0.390 e. The quantitative estimate of drug-likeness (QED) is 0.657. The molecule has 0 amide bonds. The third-order valence-corrected chi connectivity index (χ3v) is 4.49. The molecule has 19 heavy (non-hydrogen) atoms. The number of aromatic nitrogens is 1. The maximum atomic E-state index is 12.4. The summed E-state index contributed by atoms with van der Waals surface area (Å²) in [7, 11) is -0.574. The number of ether oxygens (including phenoxy) is 2. The summed E-state index contributed by atoms with van der Waals surface area (Å²) in [5.41, 5.74) is 0.456. The van der Waals surface area contributed by atoms with E-state index in [1.807, 2.05) is 0 Å². The third kappa shape index (κ3) is 4.29. The Morgan fingerprint density at radius 2 is 1.84 bits per heavy atom. The molecule has 2 N–H and O–H groups in total. The van der Waals surface area contributed by atoms with E-state index < -0.39 is 10.0 Å². The monoisotopic (exact) mass is 292 g/mol. The van der Waals surface area contributed by atoms with Crippen molar-refractivity contribution in [3.8, 4) is 0 Å². The number of aliphatic hydroxyl groups excluding tert-OH is 1. The van der Waals surface area contributed by atoms with Crippen molar-refractivity contribution in [2.75, 3.05) is 40.5 Å². The van der Waals surface area contributed by atoms with Crippen molar-refractivity contribution >= 4 is 10.0 Å². The molecule has 0 spiro atoms. The number of aliphatic hydroxyl groups is 1. The van der Waals surface area contributed by atoms with Crippen LogP contribution in [0.15, 0.2) is 17.2 Å². The maximum Gasteiger partial charge on any atom is 0.244 e. The molecule has 0 aliphatic carbocycles. The molecule has 0 saturated heterocycles. The molecule has 0 saturated carbocycles. The normalized spacial score (nSPS) is 12.2. The molecule has 110 valence electrons. The molecule has 7 nitrogen and oxygen atoms in total. The van der Waals surface area contributed by atoms with Crippen LogP contribution in [0.25, 0.3) is 0 Å². The minimum atomic E-state index is -3.60. The molecule has 8 heteroatoms. The van der Waals surface area contributed by atoms with Crippen molar-refractivity contribution in [2.45, 2.75) is 11.5 Å². The van der Waals surface area contributed by atoms with Crippen LogP contribution in [0.4, 0.5) is 0 Å². The highest BCUT2D eigenvalue weighted by molar-refractivity contribution is 7.89. The van der Waals surface area contributed by atoms with Gasteiger partial charge in [0.2, 0.25) is 10.0 Å². The fraction of sp³-hybridized carbons (Fsp3) is 0.636. The van der Waals surface area contributed by atoms with E-state index in [9.17, 15) is 8.42 Å². The van der Waals surface area contributed by atoms with Gasteiger partial charge >= 0.3 is 0 Å². The lowest BCUT2D eigenvalue weighted by atomic mass is 10.5. The second kappa shape index (κ2) is 7.61. The van der Waals surface area contributed by atoms with Gasteiger partial charge in [0.25, 0.3) is 0 Å². The molecule has 0 aliphatic rings. The lowest BCUT2D eigenvalue weighted by Gasteiger charge is -2.20. The Bertz CT molecular complexity index is 463. The van der Waals surface area contributed by atoms with E-state index in [0.717, 1.165) is 0 Å². The van der Waals surface area contributed by atoms with Crippen molar-refractivity contribution < 1.29 is 23.0 Å². The van der Waals surface area contributed by atoms with E-state index in [0.29, 0.717) is 18.9 Å². The first-order chi connectivity index (χ1) is 9.06. The Morgan fingerprint density at radius 3 is 2.26 bits per heavy atom. The Hall–Kier alpha value is -0.930. The first-order valence-electron chi connectivity index (χ1n) is 5.82. The van der Waals surface area contributed by atoms with E-state index >= 15 is 0 Å². The fourth-order valence-electron chi connectivity index (χ4n) is 1.55. The van der Waals surface area contributed by atoms with Crippen molar-refractivity contribution in [1.82, 2.24) is 9.29 Å². The van der Waals surface area contributed by atoms with Gasteiger partial charge in [-0.25, -0.2) is 8.42 Å². The van der Waals surface area contributed by atoms with E-state index in [1.165, 1.54) is 30.8 Å². The summed E-state index contributed by atoms with van der Waals surface area (Å²) < 4.78 is 35.9. The Labute approximate surface area is 113 Å². The van der Waals surface area contributed by atoms with Gasteiger partial charge in [-0.3, -0.25) is 0 Å². The highest BCUT2D eigenvalue weighted by Crippen LogP contribution is 2.16. The van der Waals surface area contributed by atoms with Crippen molar-refractivity contribution in [2.24, 2.45) is 0 Å². The molecule has 1 aromatic rings. The molecular formula is C11H20N2O5S. The number of sulfonamides is 1. The van der Waals surface area contributed by atoms with Gasteiger partial charge in [0.15, 0.2) is 0 Å². The Balaban J connectivity index is 2.90. The molecule has 0 atom stereocenters. The highest BCUT2D eigenvalue weighted by Gasteiger charge is 2.25. The Morgan fingerprint density at radius 1 is 1.26 bits per heavy atom. The summed E-state index contributed by atoms with van der Waals surface area (Å²) in [4.78, 5) is 2.84. The summed E-state index contributed by atoms with van der Waals surface area (Å²) in [6, 6.07) is 1.42. The maximum absolute atomic E-state index is 12.4. The SMILES string of the molecule is COCCN(CCOC)S(=O)(=O)c1c[nH]c(CO)c1. The van der Waals surface area contributed by atoms with Gasteiger partial charge in [-0.15, -0.1) is 0 Å². The van der Waals surface area contributed by atoms with E-state index in [1.54, 1.807) is 0 Å². The van der Waals surface area contributed by atoms with Crippen LogP contribution < -0.4 is 0 Å². The average molecular weight is 292 g/mol. The van der Waals surface area contributed by atoms with Crippen LogP contribution in [0.5, 0.6) is 0 Å². The second-order valence-corrected chi connectivity index (χ2v) is 5.85. The predicted molar refractivity (Wildman–Crippen MR) is 69.2 cm³/mol. The molecule has 0 radical (unpaired) electrons. The number of methoxy groups -OCH3 is 2. The van der Waals surface area contributed by atoms with Crippen LogP contribution in [-0.4, -0.2) is 63.3 Å². The van der Waals surface area contributed by atoms with Crippen LogP contribution in [0, 0.1) is 0 Å². The van der Waals surface area contributed by atoms with Gasteiger partial charge in [-0.2, -0.15) is 4.31 Å². The first-order valence-corrected chi connectivity index (χ1v) is 7.26. The van der Waals surface area contributed by atoms with Gasteiger partial charge in [-0.1, -0.05) is 0 Å². The van der Waals surface area contributed by atoms with Gasteiger partial charge < -0.3 is 19.6 Å².